The highest BCUT2D eigenvalue weighted by molar-refractivity contribution is 7.92. The Morgan fingerprint density at radius 2 is 1.88 bits per heavy atom. The molecular weight excluding hydrogens is 368 g/mol. The molecule has 0 fully saturated rings. The van der Waals surface area contributed by atoms with Crippen LogP contribution in [0.4, 0.5) is 0 Å². The highest BCUT2D eigenvalue weighted by atomic mass is 32.2. The van der Waals surface area contributed by atoms with Gasteiger partial charge in [-0.3, -0.25) is 4.79 Å². The zero-order valence-corrected chi connectivity index (χ0v) is 16.8. The second-order valence-corrected chi connectivity index (χ2v) is 9.22. The van der Waals surface area contributed by atoms with E-state index in [0.717, 1.165) is 20.2 Å². The van der Waals surface area contributed by atoms with Gasteiger partial charge in [-0.1, -0.05) is 50.2 Å². The zero-order chi connectivity index (χ0) is 19.2. The van der Waals surface area contributed by atoms with Gasteiger partial charge in [0, 0.05) is 17.3 Å². The summed E-state index contributed by atoms with van der Waals surface area (Å²) in [5.74, 6) is -0.117. The summed E-state index contributed by atoms with van der Waals surface area (Å²) in [5, 5.41) is 6.02. The van der Waals surface area contributed by atoms with Crippen LogP contribution in [0.2, 0.25) is 0 Å². The number of thiophene rings is 1. The van der Waals surface area contributed by atoms with E-state index >= 15 is 0 Å². The third-order valence-electron chi connectivity index (χ3n) is 3.87. The van der Waals surface area contributed by atoms with E-state index in [9.17, 15) is 13.2 Å². The van der Waals surface area contributed by atoms with Gasteiger partial charge in [0.05, 0.1) is 12.6 Å². The van der Waals surface area contributed by atoms with Crippen LogP contribution in [-0.2, 0) is 14.8 Å². The summed E-state index contributed by atoms with van der Waals surface area (Å²) in [4.78, 5) is 13.4. The number of carbonyl (C=O) groups is 1. The van der Waals surface area contributed by atoms with E-state index in [1.165, 1.54) is 13.1 Å². The minimum absolute atomic E-state index is 0.126. The lowest BCUT2D eigenvalue weighted by molar-refractivity contribution is -0.122. The van der Waals surface area contributed by atoms with Crippen molar-refractivity contribution in [3.05, 3.63) is 63.7 Å². The number of nitrogens with zero attached hydrogens (tertiary/aromatic N) is 1. The first-order chi connectivity index (χ1) is 12.3. The Kier molecular flexibility index (Phi) is 7.14. The molecule has 0 aliphatic carbocycles. The molecule has 26 heavy (non-hydrogen) atoms. The molecule has 0 radical (unpaired) electrons. The molecule has 1 heterocycles. The molecule has 1 unspecified atom stereocenters. The third-order valence-corrected chi connectivity index (χ3v) is 6.30. The minimum atomic E-state index is -3.67. The van der Waals surface area contributed by atoms with Crippen LogP contribution in [0.25, 0.3) is 6.08 Å². The Morgan fingerprint density at radius 1 is 1.19 bits per heavy atom. The van der Waals surface area contributed by atoms with Crippen LogP contribution in [0.1, 0.15) is 30.3 Å². The molecule has 0 bridgehead atoms. The maximum atomic E-state index is 12.3. The predicted molar refractivity (Wildman–Crippen MR) is 107 cm³/mol. The molecule has 2 rings (SSSR count). The topological polar surface area (TPSA) is 66.5 Å². The van der Waals surface area contributed by atoms with E-state index in [1.54, 1.807) is 11.3 Å². The SMILES string of the molecule is CC(C)C(NC(=O)CN(C)S(=O)(=O)C=Cc1ccccc1)c1cccs1. The Morgan fingerprint density at radius 3 is 2.46 bits per heavy atom. The molecule has 1 amide bonds. The van der Waals surface area contributed by atoms with Crippen molar-refractivity contribution in [2.45, 2.75) is 19.9 Å². The summed E-state index contributed by atoms with van der Waals surface area (Å²) in [6, 6.07) is 12.9. The second-order valence-electron chi connectivity index (χ2n) is 6.32. The van der Waals surface area contributed by atoms with Crippen molar-refractivity contribution in [3.8, 4) is 0 Å². The lowest BCUT2D eigenvalue weighted by Gasteiger charge is -2.23. The molecule has 1 aromatic heterocycles. The first kappa shape index (κ1) is 20.4. The molecule has 2 aromatic rings. The fraction of sp³-hybridized carbons (Fsp3) is 0.316. The molecule has 1 atom stereocenters. The number of hydrogen-bond donors (Lipinski definition) is 1. The van der Waals surface area contributed by atoms with Gasteiger partial charge in [0.1, 0.15) is 0 Å². The Labute approximate surface area is 159 Å². The van der Waals surface area contributed by atoms with Gasteiger partial charge in [-0.05, 0) is 29.0 Å². The van der Waals surface area contributed by atoms with Crippen LogP contribution in [-0.4, -0.2) is 32.2 Å². The van der Waals surface area contributed by atoms with Gasteiger partial charge in [0.15, 0.2) is 0 Å². The van der Waals surface area contributed by atoms with Gasteiger partial charge < -0.3 is 5.32 Å². The monoisotopic (exact) mass is 392 g/mol. The van der Waals surface area contributed by atoms with Crippen molar-refractivity contribution >= 4 is 33.3 Å². The molecule has 7 heteroatoms. The van der Waals surface area contributed by atoms with Gasteiger partial charge in [-0.15, -0.1) is 11.3 Å². The van der Waals surface area contributed by atoms with Crippen LogP contribution in [0.3, 0.4) is 0 Å². The first-order valence-electron chi connectivity index (χ1n) is 8.32. The largest absolute Gasteiger partial charge is 0.347 e. The maximum absolute atomic E-state index is 12.3. The number of carbonyl (C=O) groups excluding carboxylic acids is 1. The minimum Gasteiger partial charge on any atom is -0.347 e. The van der Waals surface area contributed by atoms with Crippen LogP contribution in [0, 0.1) is 5.92 Å². The predicted octanol–water partition coefficient (Wildman–Crippen LogP) is 3.49. The Bertz CT molecular complexity index is 829. The van der Waals surface area contributed by atoms with E-state index in [0.29, 0.717) is 0 Å². The molecule has 1 aromatic carbocycles. The summed E-state index contributed by atoms with van der Waals surface area (Å²) in [7, 11) is -2.27. The zero-order valence-electron chi connectivity index (χ0n) is 15.1. The van der Waals surface area contributed by atoms with Crippen LogP contribution in [0.15, 0.2) is 53.3 Å². The standard InChI is InChI=1S/C19H24N2O3S2/c1-15(2)19(17-10-7-12-25-17)20-18(22)14-21(3)26(23,24)13-11-16-8-5-4-6-9-16/h4-13,15,19H,14H2,1-3H3,(H,20,22). The fourth-order valence-electron chi connectivity index (χ4n) is 2.38. The molecule has 0 saturated heterocycles. The highest BCUT2D eigenvalue weighted by Crippen LogP contribution is 2.25. The van der Waals surface area contributed by atoms with Gasteiger partial charge in [-0.25, -0.2) is 8.42 Å². The van der Waals surface area contributed by atoms with Gasteiger partial charge in [-0.2, -0.15) is 4.31 Å². The maximum Gasteiger partial charge on any atom is 0.236 e. The summed E-state index contributed by atoms with van der Waals surface area (Å²) in [6.45, 7) is 3.82. The van der Waals surface area contributed by atoms with Crippen molar-refractivity contribution in [3.63, 3.8) is 0 Å². The summed E-state index contributed by atoms with van der Waals surface area (Å²) in [6.07, 6.45) is 1.52. The van der Waals surface area contributed by atoms with Gasteiger partial charge in [0.25, 0.3) is 0 Å². The molecule has 1 N–H and O–H groups in total. The molecule has 5 nitrogen and oxygen atoms in total. The number of benzene rings is 1. The van der Waals surface area contributed by atoms with Crippen molar-refractivity contribution in [2.24, 2.45) is 5.92 Å². The van der Waals surface area contributed by atoms with E-state index in [2.05, 4.69) is 5.32 Å². The average molecular weight is 393 g/mol. The van der Waals surface area contributed by atoms with Crippen LogP contribution in [0.5, 0.6) is 0 Å². The smallest absolute Gasteiger partial charge is 0.236 e. The number of rotatable bonds is 8. The van der Waals surface area contributed by atoms with E-state index in [-0.39, 0.29) is 24.4 Å². The summed E-state index contributed by atoms with van der Waals surface area (Å²) >= 11 is 1.57. The Hall–Kier alpha value is -1.96. The number of likely N-dealkylation sites (N-methyl/N-ethyl adjacent to an activating group) is 1. The number of hydrogen-bond acceptors (Lipinski definition) is 4. The quantitative estimate of drug-likeness (QED) is 0.748. The molecular formula is C19H24N2O3S2. The molecule has 140 valence electrons. The fourth-order valence-corrected chi connectivity index (χ4v) is 4.16. The number of nitrogens with one attached hydrogen (secondary N) is 1. The van der Waals surface area contributed by atoms with Gasteiger partial charge in [0.2, 0.25) is 15.9 Å². The molecule has 0 saturated carbocycles. The van der Waals surface area contributed by atoms with E-state index in [4.69, 9.17) is 0 Å². The van der Waals surface area contributed by atoms with Crippen LogP contribution >= 0.6 is 11.3 Å². The van der Waals surface area contributed by atoms with Crippen molar-refractivity contribution in [1.82, 2.24) is 9.62 Å². The third kappa shape index (κ3) is 5.79. The van der Waals surface area contributed by atoms with Gasteiger partial charge >= 0.3 is 0 Å². The molecule has 0 aliphatic heterocycles. The molecule has 0 aliphatic rings. The lowest BCUT2D eigenvalue weighted by Crippen LogP contribution is -2.40. The normalized spacial score (nSPS) is 13.4. The average Bonchev–Trinajstić information content (AvgIpc) is 3.12. The second kappa shape index (κ2) is 9.12. The number of sulfonamides is 1. The van der Waals surface area contributed by atoms with E-state index in [1.807, 2.05) is 61.7 Å². The van der Waals surface area contributed by atoms with Crippen LogP contribution < -0.4 is 5.32 Å². The van der Waals surface area contributed by atoms with Crippen molar-refractivity contribution in [1.29, 1.82) is 0 Å². The summed E-state index contributed by atoms with van der Waals surface area (Å²) in [5.41, 5.74) is 0.784. The Balaban J connectivity index is 2.00. The van der Waals surface area contributed by atoms with Crippen molar-refractivity contribution in [2.75, 3.05) is 13.6 Å². The summed E-state index contributed by atoms with van der Waals surface area (Å²) < 4.78 is 25.7. The highest BCUT2D eigenvalue weighted by Gasteiger charge is 2.22. The van der Waals surface area contributed by atoms with Crippen molar-refractivity contribution < 1.29 is 13.2 Å². The molecule has 0 spiro atoms. The number of amides is 1. The first-order valence-corrected chi connectivity index (χ1v) is 10.7. The van der Waals surface area contributed by atoms with E-state index < -0.39 is 10.0 Å². The lowest BCUT2D eigenvalue weighted by atomic mass is 10.0.